The Bertz CT molecular complexity index is 1050. The topological polar surface area (TPSA) is 110 Å². The Balaban J connectivity index is 1.57. The second-order valence-corrected chi connectivity index (χ2v) is 9.46. The molecule has 0 atom stereocenters. The van der Waals surface area contributed by atoms with Gasteiger partial charge >= 0.3 is 5.69 Å². The highest BCUT2D eigenvalue weighted by Crippen LogP contribution is 2.26. The third-order valence-corrected chi connectivity index (χ3v) is 7.10. The lowest BCUT2D eigenvalue weighted by Crippen LogP contribution is -2.51. The molecule has 0 N–H and O–H groups in total. The molecule has 2 aromatic rings. The van der Waals surface area contributed by atoms with Crippen LogP contribution in [0, 0.1) is 10.1 Å². The number of carbonyl (C=O) groups is 1. The number of hydrogen-bond donors (Lipinski definition) is 0. The molecular formula is C21H25N3O6S. The lowest BCUT2D eigenvalue weighted by atomic mass is 10.0. The molecule has 0 spiro atoms. The van der Waals surface area contributed by atoms with Crippen LogP contribution >= 0.6 is 0 Å². The van der Waals surface area contributed by atoms with Gasteiger partial charge in [-0.15, -0.1) is 0 Å². The third-order valence-electron chi connectivity index (χ3n) is 5.19. The summed E-state index contributed by atoms with van der Waals surface area (Å²) in [6.45, 7) is 4.52. The average Bonchev–Trinajstić information content (AvgIpc) is 2.77. The Hall–Kier alpha value is -2.98. The molecule has 1 saturated heterocycles. The zero-order chi connectivity index (χ0) is 22.6. The van der Waals surface area contributed by atoms with Gasteiger partial charge in [-0.3, -0.25) is 14.9 Å². The monoisotopic (exact) mass is 447 g/mol. The van der Waals surface area contributed by atoms with Crippen molar-refractivity contribution in [3.8, 4) is 5.75 Å². The summed E-state index contributed by atoms with van der Waals surface area (Å²) in [7, 11) is -3.63. The van der Waals surface area contributed by atoms with Crippen LogP contribution in [0.4, 0.5) is 5.69 Å². The second-order valence-electron chi connectivity index (χ2n) is 7.52. The number of nitrogens with zero attached hydrogens (tertiary/aromatic N) is 3. The lowest BCUT2D eigenvalue weighted by Gasteiger charge is -2.34. The van der Waals surface area contributed by atoms with Crippen LogP contribution in [0.5, 0.6) is 5.75 Å². The summed E-state index contributed by atoms with van der Waals surface area (Å²) in [5.41, 5.74) is 0.850. The highest BCUT2D eigenvalue weighted by Gasteiger charge is 2.30. The number of amides is 1. The van der Waals surface area contributed by atoms with E-state index >= 15 is 0 Å². The normalized spacial score (nSPS) is 15.1. The van der Waals surface area contributed by atoms with E-state index in [2.05, 4.69) is 0 Å². The van der Waals surface area contributed by atoms with Crippen LogP contribution in [0.2, 0.25) is 0 Å². The number of nitro benzene ring substituents is 1. The van der Waals surface area contributed by atoms with E-state index in [1.165, 1.54) is 27.4 Å². The first-order valence-electron chi connectivity index (χ1n) is 9.94. The predicted molar refractivity (Wildman–Crippen MR) is 114 cm³/mol. The van der Waals surface area contributed by atoms with Crippen molar-refractivity contribution in [2.45, 2.75) is 24.7 Å². The average molecular weight is 448 g/mol. The molecule has 166 valence electrons. The van der Waals surface area contributed by atoms with Gasteiger partial charge < -0.3 is 9.64 Å². The predicted octanol–water partition coefficient (Wildman–Crippen LogP) is 2.63. The van der Waals surface area contributed by atoms with Gasteiger partial charge in [0.05, 0.1) is 9.82 Å². The summed E-state index contributed by atoms with van der Waals surface area (Å²) in [6.07, 6.45) is 0. The molecule has 1 amide bonds. The summed E-state index contributed by atoms with van der Waals surface area (Å²) < 4.78 is 32.5. The van der Waals surface area contributed by atoms with Gasteiger partial charge in [0.25, 0.3) is 5.91 Å². The Labute approximate surface area is 181 Å². The van der Waals surface area contributed by atoms with Crippen molar-refractivity contribution in [1.29, 1.82) is 0 Å². The molecule has 1 aliphatic rings. The van der Waals surface area contributed by atoms with Crippen LogP contribution in [0.1, 0.15) is 25.3 Å². The molecule has 0 radical (unpaired) electrons. The second kappa shape index (κ2) is 9.44. The number of rotatable bonds is 7. The summed E-state index contributed by atoms with van der Waals surface area (Å²) in [5.74, 6) is -0.0192. The van der Waals surface area contributed by atoms with E-state index in [4.69, 9.17) is 4.74 Å². The van der Waals surface area contributed by atoms with Crippen molar-refractivity contribution in [2.24, 2.45) is 0 Å². The van der Waals surface area contributed by atoms with Crippen molar-refractivity contribution >= 4 is 21.6 Å². The molecule has 3 rings (SSSR count). The molecule has 0 aromatic heterocycles. The minimum Gasteiger partial charge on any atom is -0.477 e. The first-order valence-corrected chi connectivity index (χ1v) is 11.4. The van der Waals surface area contributed by atoms with E-state index in [1.54, 1.807) is 18.2 Å². The smallest absolute Gasteiger partial charge is 0.310 e. The Morgan fingerprint density at radius 1 is 1.06 bits per heavy atom. The molecule has 0 aliphatic carbocycles. The number of hydrogen-bond acceptors (Lipinski definition) is 6. The number of carbonyl (C=O) groups excluding carboxylic acids is 1. The number of para-hydroxylation sites is 2. The summed E-state index contributed by atoms with van der Waals surface area (Å²) in [4.78, 5) is 24.6. The molecule has 31 heavy (non-hydrogen) atoms. The van der Waals surface area contributed by atoms with Crippen molar-refractivity contribution in [2.75, 3.05) is 32.8 Å². The Morgan fingerprint density at radius 3 is 2.26 bits per heavy atom. The number of sulfonamides is 1. The molecule has 1 heterocycles. The lowest BCUT2D eigenvalue weighted by molar-refractivity contribution is -0.385. The Morgan fingerprint density at radius 2 is 1.68 bits per heavy atom. The molecule has 1 aliphatic heterocycles. The highest BCUT2D eigenvalue weighted by atomic mass is 32.2. The van der Waals surface area contributed by atoms with E-state index in [-0.39, 0.29) is 55.0 Å². The van der Waals surface area contributed by atoms with Crippen LogP contribution in [0.25, 0.3) is 0 Å². The first kappa shape index (κ1) is 22.7. The van der Waals surface area contributed by atoms with Crippen molar-refractivity contribution in [1.82, 2.24) is 9.21 Å². The first-order chi connectivity index (χ1) is 14.7. The van der Waals surface area contributed by atoms with Gasteiger partial charge in [-0.05, 0) is 29.7 Å². The summed E-state index contributed by atoms with van der Waals surface area (Å²) >= 11 is 0. The largest absolute Gasteiger partial charge is 0.477 e. The number of benzene rings is 2. The quantitative estimate of drug-likeness (QED) is 0.477. The van der Waals surface area contributed by atoms with E-state index < -0.39 is 14.9 Å². The van der Waals surface area contributed by atoms with E-state index in [0.29, 0.717) is 5.92 Å². The fourth-order valence-electron chi connectivity index (χ4n) is 3.31. The molecular weight excluding hydrogens is 422 g/mol. The molecule has 0 unspecified atom stereocenters. The molecule has 1 fully saturated rings. The van der Waals surface area contributed by atoms with Gasteiger partial charge in [0.15, 0.2) is 12.4 Å². The van der Waals surface area contributed by atoms with Crippen molar-refractivity contribution < 1.29 is 22.9 Å². The fourth-order valence-corrected chi connectivity index (χ4v) is 4.73. The maximum atomic E-state index is 12.9. The van der Waals surface area contributed by atoms with E-state index in [1.807, 2.05) is 26.0 Å². The van der Waals surface area contributed by atoms with Crippen LogP contribution in [-0.4, -0.2) is 61.2 Å². The number of nitro groups is 1. The number of ether oxygens (including phenoxy) is 1. The molecule has 10 heteroatoms. The van der Waals surface area contributed by atoms with Gasteiger partial charge in [-0.2, -0.15) is 4.31 Å². The minimum atomic E-state index is -3.63. The Kier molecular flexibility index (Phi) is 6.91. The fraction of sp³-hybridized carbons (Fsp3) is 0.381. The van der Waals surface area contributed by atoms with Crippen LogP contribution in [-0.2, 0) is 14.8 Å². The minimum absolute atomic E-state index is 0.0203. The van der Waals surface area contributed by atoms with Crippen molar-refractivity contribution in [3.63, 3.8) is 0 Å². The van der Waals surface area contributed by atoms with Gasteiger partial charge in [-0.25, -0.2) is 8.42 Å². The van der Waals surface area contributed by atoms with E-state index in [0.717, 1.165) is 5.56 Å². The van der Waals surface area contributed by atoms with Gasteiger partial charge in [0.1, 0.15) is 0 Å². The van der Waals surface area contributed by atoms with Crippen LogP contribution in [0.15, 0.2) is 53.4 Å². The highest BCUT2D eigenvalue weighted by molar-refractivity contribution is 7.89. The molecule has 0 bridgehead atoms. The zero-order valence-electron chi connectivity index (χ0n) is 17.4. The maximum Gasteiger partial charge on any atom is 0.310 e. The SMILES string of the molecule is CC(C)c1ccc(S(=O)(=O)N2CCN(C(=O)COc3ccccc3[N+](=O)[O-])CC2)cc1. The number of piperazine rings is 1. The molecule has 2 aromatic carbocycles. The maximum absolute atomic E-state index is 12.9. The van der Waals surface area contributed by atoms with Gasteiger partial charge in [0.2, 0.25) is 10.0 Å². The van der Waals surface area contributed by atoms with Crippen LogP contribution in [0.3, 0.4) is 0 Å². The van der Waals surface area contributed by atoms with Crippen molar-refractivity contribution in [3.05, 3.63) is 64.2 Å². The van der Waals surface area contributed by atoms with Gasteiger partial charge in [0, 0.05) is 32.2 Å². The third kappa shape index (κ3) is 5.20. The van der Waals surface area contributed by atoms with E-state index in [9.17, 15) is 23.3 Å². The molecule has 0 saturated carbocycles. The summed E-state index contributed by atoms with van der Waals surface area (Å²) in [5, 5.41) is 11.0. The molecule has 9 nitrogen and oxygen atoms in total. The summed E-state index contributed by atoms with van der Waals surface area (Å²) in [6, 6.07) is 12.7. The zero-order valence-corrected chi connectivity index (χ0v) is 18.2. The van der Waals surface area contributed by atoms with Gasteiger partial charge in [-0.1, -0.05) is 38.1 Å². The van der Waals surface area contributed by atoms with Crippen LogP contribution < -0.4 is 4.74 Å². The standard InChI is InChI=1S/C21H25N3O6S/c1-16(2)17-7-9-18(10-8-17)31(28,29)23-13-11-22(12-14-23)21(25)15-30-20-6-4-3-5-19(20)24(26)27/h3-10,16H,11-15H2,1-2H3.